The normalized spacial score (nSPS) is 19.0. The predicted octanol–water partition coefficient (Wildman–Crippen LogP) is 2.01. The molecule has 1 fully saturated rings. The number of carbonyl (C=O) groups is 1. The highest BCUT2D eigenvalue weighted by molar-refractivity contribution is 5.81. The Labute approximate surface area is 138 Å². The zero-order valence-corrected chi connectivity index (χ0v) is 13.2. The lowest BCUT2D eigenvalue weighted by atomic mass is 10.1. The Kier molecular flexibility index (Phi) is 5.34. The molecule has 3 N–H and O–H groups in total. The predicted molar refractivity (Wildman–Crippen MR) is 83.2 cm³/mol. The second-order valence-electron chi connectivity index (χ2n) is 5.80. The van der Waals surface area contributed by atoms with Crippen LogP contribution in [0.3, 0.4) is 0 Å². The number of nitrogens with one attached hydrogen (secondary N) is 1. The highest BCUT2D eigenvalue weighted by Crippen LogP contribution is 2.34. The van der Waals surface area contributed by atoms with Crippen LogP contribution in [0.4, 0.5) is 18.9 Å². The maximum atomic E-state index is 12.9. The van der Waals surface area contributed by atoms with E-state index in [4.69, 9.17) is 11.0 Å². The minimum Gasteiger partial charge on any atom is -0.368 e. The Morgan fingerprint density at radius 2 is 2.25 bits per heavy atom. The van der Waals surface area contributed by atoms with E-state index in [0.29, 0.717) is 25.9 Å². The average molecular weight is 340 g/mol. The fourth-order valence-corrected chi connectivity index (χ4v) is 2.65. The maximum Gasteiger partial charge on any atom is 0.416 e. The van der Waals surface area contributed by atoms with Crippen LogP contribution in [0.5, 0.6) is 0 Å². The number of alkyl halides is 3. The fourth-order valence-electron chi connectivity index (χ4n) is 2.65. The molecule has 0 saturated carbocycles. The molecule has 2 atom stereocenters. The van der Waals surface area contributed by atoms with Crippen molar-refractivity contribution in [1.82, 2.24) is 5.32 Å². The van der Waals surface area contributed by atoms with Gasteiger partial charge in [-0.15, -0.1) is 0 Å². The third-order valence-electron chi connectivity index (χ3n) is 4.10. The minimum absolute atomic E-state index is 0.181. The highest BCUT2D eigenvalue weighted by Gasteiger charge is 2.33. The van der Waals surface area contributed by atoms with E-state index in [1.807, 2.05) is 6.07 Å². The second-order valence-corrected chi connectivity index (χ2v) is 5.80. The average Bonchev–Trinajstić information content (AvgIpc) is 3.00. The summed E-state index contributed by atoms with van der Waals surface area (Å²) < 4.78 is 38.7. The van der Waals surface area contributed by atoms with Gasteiger partial charge in [0.2, 0.25) is 5.91 Å². The van der Waals surface area contributed by atoms with Crippen molar-refractivity contribution in [2.24, 2.45) is 5.73 Å². The first-order chi connectivity index (χ1) is 11.3. The maximum absolute atomic E-state index is 12.9. The van der Waals surface area contributed by atoms with E-state index >= 15 is 0 Å². The van der Waals surface area contributed by atoms with Crippen LogP contribution in [0.2, 0.25) is 0 Å². The van der Waals surface area contributed by atoms with Crippen LogP contribution in [-0.4, -0.2) is 31.1 Å². The molecule has 1 heterocycles. The van der Waals surface area contributed by atoms with E-state index in [9.17, 15) is 18.0 Å². The zero-order valence-electron chi connectivity index (χ0n) is 13.2. The van der Waals surface area contributed by atoms with Crippen LogP contribution in [-0.2, 0) is 11.0 Å². The molecule has 0 radical (unpaired) electrons. The van der Waals surface area contributed by atoms with Crippen molar-refractivity contribution < 1.29 is 18.0 Å². The van der Waals surface area contributed by atoms with Crippen LogP contribution >= 0.6 is 0 Å². The van der Waals surface area contributed by atoms with Crippen molar-refractivity contribution in [2.45, 2.75) is 38.0 Å². The van der Waals surface area contributed by atoms with Gasteiger partial charge in [-0.05, 0) is 31.0 Å². The Morgan fingerprint density at radius 1 is 1.54 bits per heavy atom. The van der Waals surface area contributed by atoms with Crippen molar-refractivity contribution in [3.05, 3.63) is 29.3 Å². The molecule has 1 aliphatic heterocycles. The Hall–Kier alpha value is -2.27. The Bertz CT molecular complexity index is 654. The lowest BCUT2D eigenvalue weighted by Gasteiger charge is -2.22. The van der Waals surface area contributed by atoms with E-state index in [0.717, 1.165) is 12.1 Å². The molecule has 8 heteroatoms. The lowest BCUT2D eigenvalue weighted by Crippen LogP contribution is -2.46. The number of carbonyl (C=O) groups excluding carboxylic acids is 1. The molecule has 130 valence electrons. The SMILES string of the molecule is CCC(N)C(=O)NC1CCN(c2cc(C(F)(F)F)ccc2C#N)C1. The van der Waals surface area contributed by atoms with Crippen LogP contribution in [0, 0.1) is 11.3 Å². The standard InChI is InChI=1S/C16H19F3N4O/c1-2-13(21)15(24)22-12-5-6-23(9-12)14-7-11(16(17,18)19)4-3-10(14)8-20/h3-4,7,12-13H,2,5-6,9,21H2,1H3,(H,22,24). The Balaban J connectivity index is 2.15. The molecule has 2 rings (SSSR count). The topological polar surface area (TPSA) is 82.2 Å². The quantitative estimate of drug-likeness (QED) is 0.878. The van der Waals surface area contributed by atoms with Gasteiger partial charge >= 0.3 is 6.18 Å². The van der Waals surface area contributed by atoms with Crippen molar-refractivity contribution in [1.29, 1.82) is 5.26 Å². The number of nitrogens with two attached hydrogens (primary N) is 1. The van der Waals surface area contributed by atoms with Crippen LogP contribution in [0.1, 0.15) is 30.9 Å². The number of rotatable bonds is 4. The molecule has 1 saturated heterocycles. The number of nitriles is 1. The third kappa shape index (κ3) is 3.97. The number of benzene rings is 1. The molecule has 1 aromatic rings. The van der Waals surface area contributed by atoms with Gasteiger partial charge in [0.25, 0.3) is 0 Å². The lowest BCUT2D eigenvalue weighted by molar-refractivity contribution is -0.137. The summed E-state index contributed by atoms with van der Waals surface area (Å²) in [5.74, 6) is -0.270. The largest absolute Gasteiger partial charge is 0.416 e. The molecule has 0 aromatic heterocycles. The summed E-state index contributed by atoms with van der Waals surface area (Å²) in [5.41, 5.74) is 5.29. The zero-order chi connectivity index (χ0) is 17.9. The van der Waals surface area contributed by atoms with Crippen molar-refractivity contribution in [3.63, 3.8) is 0 Å². The first-order valence-corrected chi connectivity index (χ1v) is 7.68. The molecule has 1 amide bonds. The van der Waals surface area contributed by atoms with E-state index in [-0.39, 0.29) is 23.2 Å². The van der Waals surface area contributed by atoms with Gasteiger partial charge in [0.1, 0.15) is 6.07 Å². The first kappa shape index (κ1) is 18.1. The fraction of sp³-hybridized carbons (Fsp3) is 0.500. The number of nitrogens with zero attached hydrogens (tertiary/aromatic N) is 2. The molecular formula is C16H19F3N4O. The monoisotopic (exact) mass is 340 g/mol. The molecule has 2 unspecified atom stereocenters. The molecule has 1 aromatic carbocycles. The molecule has 1 aliphatic rings. The Morgan fingerprint density at radius 3 is 2.83 bits per heavy atom. The van der Waals surface area contributed by atoms with Gasteiger partial charge in [-0.2, -0.15) is 18.4 Å². The molecule has 0 spiro atoms. The van der Waals surface area contributed by atoms with E-state index in [2.05, 4.69) is 5.32 Å². The number of amides is 1. The smallest absolute Gasteiger partial charge is 0.368 e. The van der Waals surface area contributed by atoms with Gasteiger partial charge in [0.15, 0.2) is 0 Å². The summed E-state index contributed by atoms with van der Waals surface area (Å²) in [5, 5.41) is 11.9. The summed E-state index contributed by atoms with van der Waals surface area (Å²) in [6.45, 7) is 2.60. The van der Waals surface area contributed by atoms with Crippen LogP contribution in [0.15, 0.2) is 18.2 Å². The van der Waals surface area contributed by atoms with Gasteiger partial charge < -0.3 is 16.0 Å². The van der Waals surface area contributed by atoms with E-state index in [1.165, 1.54) is 6.07 Å². The summed E-state index contributed by atoms with van der Waals surface area (Å²) in [7, 11) is 0. The molecule has 5 nitrogen and oxygen atoms in total. The molecule has 0 bridgehead atoms. The summed E-state index contributed by atoms with van der Waals surface area (Å²) in [4.78, 5) is 13.5. The number of halogens is 3. The molecular weight excluding hydrogens is 321 g/mol. The molecule has 24 heavy (non-hydrogen) atoms. The summed E-state index contributed by atoms with van der Waals surface area (Å²) in [6, 6.07) is 4.19. The van der Waals surface area contributed by atoms with Gasteiger partial charge in [0, 0.05) is 19.1 Å². The molecule has 0 aliphatic carbocycles. The van der Waals surface area contributed by atoms with Gasteiger partial charge in [0.05, 0.1) is 22.9 Å². The van der Waals surface area contributed by atoms with E-state index in [1.54, 1.807) is 11.8 Å². The van der Waals surface area contributed by atoms with Crippen molar-refractivity contribution >= 4 is 11.6 Å². The minimum atomic E-state index is -4.47. The van der Waals surface area contributed by atoms with Crippen LogP contribution in [0.25, 0.3) is 0 Å². The van der Waals surface area contributed by atoms with Gasteiger partial charge in [-0.3, -0.25) is 4.79 Å². The van der Waals surface area contributed by atoms with Crippen molar-refractivity contribution in [3.8, 4) is 6.07 Å². The van der Waals surface area contributed by atoms with Crippen LogP contribution < -0.4 is 16.0 Å². The third-order valence-corrected chi connectivity index (χ3v) is 4.10. The first-order valence-electron chi connectivity index (χ1n) is 7.68. The highest BCUT2D eigenvalue weighted by atomic mass is 19.4. The van der Waals surface area contributed by atoms with Crippen molar-refractivity contribution in [2.75, 3.05) is 18.0 Å². The summed E-state index contributed by atoms with van der Waals surface area (Å²) in [6.07, 6.45) is -3.37. The number of anilines is 1. The summed E-state index contributed by atoms with van der Waals surface area (Å²) >= 11 is 0. The van der Waals surface area contributed by atoms with Gasteiger partial charge in [-0.1, -0.05) is 6.92 Å². The number of hydrogen-bond acceptors (Lipinski definition) is 4. The second kappa shape index (κ2) is 7.09. The van der Waals surface area contributed by atoms with Gasteiger partial charge in [-0.25, -0.2) is 0 Å². The number of hydrogen-bond donors (Lipinski definition) is 2. The van der Waals surface area contributed by atoms with E-state index < -0.39 is 17.8 Å².